The smallest absolute Gasteiger partial charge is 0.192 e. The molecule has 0 bridgehead atoms. The van der Waals surface area contributed by atoms with Crippen molar-refractivity contribution in [2.45, 2.75) is 32.6 Å². The van der Waals surface area contributed by atoms with Crippen LogP contribution in [-0.2, 0) is 0 Å². The van der Waals surface area contributed by atoms with Gasteiger partial charge in [-0.15, -0.1) is 12.4 Å². The minimum absolute atomic E-state index is 0. The highest BCUT2D eigenvalue weighted by molar-refractivity contribution is 5.85. The highest BCUT2D eigenvalue weighted by atomic mass is 35.5. The number of hydrogen-bond donors (Lipinski definition) is 1. The zero-order chi connectivity index (χ0) is 13.4. The van der Waals surface area contributed by atoms with E-state index in [0.29, 0.717) is 11.3 Å². The first-order valence-corrected chi connectivity index (χ1v) is 6.91. The number of hydrogen-bond acceptors (Lipinski definition) is 3. The van der Waals surface area contributed by atoms with Gasteiger partial charge in [0.25, 0.3) is 0 Å². The van der Waals surface area contributed by atoms with Crippen LogP contribution >= 0.6 is 12.4 Å². The summed E-state index contributed by atoms with van der Waals surface area (Å²) < 4.78 is 6.04. The van der Waals surface area contributed by atoms with E-state index in [1.807, 2.05) is 19.9 Å². The molecule has 0 atom stereocenters. The summed E-state index contributed by atoms with van der Waals surface area (Å²) in [5, 5.41) is 4.04. The second-order valence-corrected chi connectivity index (χ2v) is 5.50. The number of piperidine rings is 1. The molecule has 1 aromatic carbocycles. The molecule has 2 heterocycles. The fraction of sp³-hybridized carbons (Fsp3) is 0.438. The van der Waals surface area contributed by atoms with Crippen LogP contribution in [0, 0.1) is 13.8 Å². The van der Waals surface area contributed by atoms with Crippen LogP contribution in [0.2, 0.25) is 0 Å². The van der Waals surface area contributed by atoms with Crippen molar-refractivity contribution >= 4 is 23.4 Å². The van der Waals surface area contributed by atoms with E-state index in [4.69, 9.17) is 4.42 Å². The number of benzene rings is 1. The molecule has 0 radical (unpaired) electrons. The van der Waals surface area contributed by atoms with Gasteiger partial charge in [-0.3, -0.25) is 4.79 Å². The summed E-state index contributed by atoms with van der Waals surface area (Å²) in [6.45, 7) is 6.01. The first-order valence-electron chi connectivity index (χ1n) is 6.91. The Hall–Kier alpha value is -1.32. The van der Waals surface area contributed by atoms with E-state index >= 15 is 0 Å². The van der Waals surface area contributed by atoms with Crippen molar-refractivity contribution in [3.05, 3.63) is 45.3 Å². The maximum Gasteiger partial charge on any atom is 0.192 e. The lowest BCUT2D eigenvalue weighted by Gasteiger charge is -2.21. The van der Waals surface area contributed by atoms with Crippen molar-refractivity contribution in [2.24, 2.45) is 0 Å². The Kier molecular flexibility index (Phi) is 4.51. The van der Waals surface area contributed by atoms with Gasteiger partial charge in [0, 0.05) is 12.0 Å². The SMILES string of the molecule is Cc1cc(C)c2oc(C3CCNCC3)cc(=O)c2c1.Cl. The Labute approximate surface area is 124 Å². The number of rotatable bonds is 1. The van der Waals surface area contributed by atoms with Gasteiger partial charge >= 0.3 is 0 Å². The number of halogens is 1. The average molecular weight is 294 g/mol. The third-order valence-electron chi connectivity index (χ3n) is 3.92. The Morgan fingerprint density at radius 1 is 1.15 bits per heavy atom. The van der Waals surface area contributed by atoms with Gasteiger partial charge in [-0.1, -0.05) is 6.07 Å². The Morgan fingerprint density at radius 2 is 1.85 bits per heavy atom. The maximum absolute atomic E-state index is 12.3. The summed E-state index contributed by atoms with van der Waals surface area (Å²) in [5.41, 5.74) is 2.99. The lowest BCUT2D eigenvalue weighted by molar-refractivity contribution is 0.392. The predicted molar refractivity (Wildman–Crippen MR) is 84.1 cm³/mol. The molecule has 2 aromatic rings. The molecule has 0 spiro atoms. The molecule has 1 aliphatic heterocycles. The van der Waals surface area contributed by atoms with E-state index < -0.39 is 0 Å². The van der Waals surface area contributed by atoms with E-state index in [1.54, 1.807) is 6.07 Å². The van der Waals surface area contributed by atoms with Crippen LogP contribution in [0.25, 0.3) is 11.0 Å². The van der Waals surface area contributed by atoms with Gasteiger partial charge in [0.1, 0.15) is 11.3 Å². The van der Waals surface area contributed by atoms with Crippen LogP contribution in [0.5, 0.6) is 0 Å². The number of fused-ring (bicyclic) bond motifs is 1. The van der Waals surface area contributed by atoms with E-state index in [-0.39, 0.29) is 17.8 Å². The van der Waals surface area contributed by atoms with Crippen molar-refractivity contribution in [2.75, 3.05) is 13.1 Å². The molecule has 3 nitrogen and oxygen atoms in total. The van der Waals surface area contributed by atoms with Crippen LogP contribution in [0.4, 0.5) is 0 Å². The molecule has 1 N–H and O–H groups in total. The summed E-state index contributed by atoms with van der Waals surface area (Å²) in [6.07, 6.45) is 2.08. The van der Waals surface area contributed by atoms with Crippen LogP contribution in [-0.4, -0.2) is 13.1 Å². The number of nitrogens with one attached hydrogen (secondary N) is 1. The van der Waals surface area contributed by atoms with E-state index in [9.17, 15) is 4.79 Å². The van der Waals surface area contributed by atoms with Crippen LogP contribution in [0.3, 0.4) is 0 Å². The Bertz CT molecular complexity index is 672. The van der Waals surface area contributed by atoms with E-state index in [2.05, 4.69) is 11.4 Å². The molecule has 1 saturated heterocycles. The van der Waals surface area contributed by atoms with Gasteiger partial charge in [0.15, 0.2) is 5.43 Å². The summed E-state index contributed by atoms with van der Waals surface area (Å²) in [4.78, 5) is 12.3. The van der Waals surface area contributed by atoms with Crippen molar-refractivity contribution in [1.29, 1.82) is 0 Å². The third kappa shape index (κ3) is 2.74. The van der Waals surface area contributed by atoms with Crippen molar-refractivity contribution < 1.29 is 4.42 Å². The minimum Gasteiger partial charge on any atom is -0.460 e. The Morgan fingerprint density at radius 3 is 2.55 bits per heavy atom. The van der Waals surface area contributed by atoms with Gasteiger partial charge in [-0.05, 0) is 57.0 Å². The summed E-state index contributed by atoms with van der Waals surface area (Å²) in [6, 6.07) is 5.68. The first-order chi connectivity index (χ1) is 9.15. The lowest BCUT2D eigenvalue weighted by Crippen LogP contribution is -2.27. The van der Waals surface area contributed by atoms with Crippen molar-refractivity contribution in [3.8, 4) is 0 Å². The first kappa shape index (κ1) is 15.1. The molecule has 20 heavy (non-hydrogen) atoms. The van der Waals surface area contributed by atoms with Crippen molar-refractivity contribution in [3.63, 3.8) is 0 Å². The van der Waals surface area contributed by atoms with E-state index in [0.717, 1.165) is 48.4 Å². The fourth-order valence-electron chi connectivity index (χ4n) is 2.93. The molecule has 108 valence electrons. The normalized spacial score (nSPS) is 16.1. The lowest BCUT2D eigenvalue weighted by atomic mass is 9.94. The fourth-order valence-corrected chi connectivity index (χ4v) is 2.93. The monoisotopic (exact) mass is 293 g/mol. The van der Waals surface area contributed by atoms with Gasteiger partial charge in [-0.25, -0.2) is 0 Å². The second-order valence-electron chi connectivity index (χ2n) is 5.50. The molecule has 1 aromatic heterocycles. The zero-order valence-electron chi connectivity index (χ0n) is 11.9. The quantitative estimate of drug-likeness (QED) is 0.877. The molecule has 1 aliphatic rings. The molecular formula is C16H20ClNO2. The van der Waals surface area contributed by atoms with Gasteiger partial charge in [0.2, 0.25) is 0 Å². The summed E-state index contributed by atoms with van der Waals surface area (Å²) in [7, 11) is 0. The van der Waals surface area contributed by atoms with Gasteiger partial charge in [0.05, 0.1) is 5.39 Å². The molecule has 3 rings (SSSR count). The summed E-state index contributed by atoms with van der Waals surface area (Å²) >= 11 is 0. The number of aryl methyl sites for hydroxylation is 2. The van der Waals surface area contributed by atoms with E-state index in [1.165, 1.54) is 0 Å². The van der Waals surface area contributed by atoms with Crippen LogP contribution in [0.1, 0.15) is 35.6 Å². The second kappa shape index (κ2) is 5.98. The largest absolute Gasteiger partial charge is 0.460 e. The maximum atomic E-state index is 12.3. The Balaban J connectivity index is 0.00000147. The molecule has 0 amide bonds. The van der Waals surface area contributed by atoms with Crippen LogP contribution in [0.15, 0.2) is 27.4 Å². The summed E-state index contributed by atoms with van der Waals surface area (Å²) in [5.74, 6) is 1.23. The third-order valence-corrected chi connectivity index (χ3v) is 3.92. The van der Waals surface area contributed by atoms with Crippen molar-refractivity contribution in [1.82, 2.24) is 5.32 Å². The minimum atomic E-state index is 0. The molecule has 0 unspecified atom stereocenters. The zero-order valence-corrected chi connectivity index (χ0v) is 12.7. The predicted octanol–water partition coefficient (Wildman–Crippen LogP) is 3.30. The highest BCUT2D eigenvalue weighted by Gasteiger charge is 2.19. The topological polar surface area (TPSA) is 42.2 Å². The molecule has 4 heteroatoms. The van der Waals surface area contributed by atoms with Crippen LogP contribution < -0.4 is 10.7 Å². The molecule has 1 fully saturated rings. The molecule has 0 saturated carbocycles. The molecule has 0 aliphatic carbocycles. The standard InChI is InChI=1S/C16H19NO2.ClH/c1-10-7-11(2)16-13(8-10)14(18)9-15(19-16)12-3-5-17-6-4-12;/h7-9,12,17H,3-6H2,1-2H3;1H. The average Bonchev–Trinajstić information content (AvgIpc) is 2.41. The van der Waals surface area contributed by atoms with Gasteiger partial charge in [-0.2, -0.15) is 0 Å². The highest BCUT2D eigenvalue weighted by Crippen LogP contribution is 2.27. The molecular weight excluding hydrogens is 274 g/mol. The van der Waals surface area contributed by atoms with Gasteiger partial charge < -0.3 is 9.73 Å².